The molecule has 1 aromatic carbocycles. The molecule has 1 aliphatic rings. The number of nitrogens with one attached hydrogen (secondary N) is 1. The van der Waals surface area contributed by atoms with Crippen LogP contribution < -0.4 is 15.0 Å². The summed E-state index contributed by atoms with van der Waals surface area (Å²) in [6.07, 6.45) is 12.9. The van der Waals surface area contributed by atoms with Crippen molar-refractivity contribution in [2.24, 2.45) is 0 Å². The van der Waals surface area contributed by atoms with Crippen molar-refractivity contribution in [3.63, 3.8) is 0 Å². The number of ether oxygens (including phenoxy) is 2. The zero-order chi connectivity index (χ0) is 26.0. The number of methoxy groups -OCH3 is 1. The SMILES string of the molecule is COC(=O)CCCCCCOc1ccc(Nc2nc(N(C)C3CCCCC3)c3ncn(PI)c3n2)cc1. The number of imidazole rings is 1. The first-order chi connectivity index (χ1) is 18.1. The van der Waals surface area contributed by atoms with Crippen molar-refractivity contribution in [1.29, 1.82) is 0 Å². The van der Waals surface area contributed by atoms with Crippen LogP contribution in [0.5, 0.6) is 5.75 Å². The van der Waals surface area contributed by atoms with Crippen LogP contribution in [-0.4, -0.2) is 52.1 Å². The van der Waals surface area contributed by atoms with Crippen LogP contribution in [0.1, 0.15) is 64.2 Å². The molecule has 1 fully saturated rings. The van der Waals surface area contributed by atoms with Crippen molar-refractivity contribution in [3.8, 4) is 5.75 Å². The van der Waals surface area contributed by atoms with E-state index in [4.69, 9.17) is 14.7 Å². The molecule has 11 heteroatoms. The van der Waals surface area contributed by atoms with Gasteiger partial charge in [0.25, 0.3) is 0 Å². The predicted octanol–water partition coefficient (Wildman–Crippen LogP) is 6.63. The molecule has 0 aliphatic heterocycles. The minimum atomic E-state index is -0.140. The molecule has 0 spiro atoms. The van der Waals surface area contributed by atoms with Gasteiger partial charge in [-0.25, -0.2) is 4.98 Å². The molecular formula is C26H36IN6O3P. The third-order valence-electron chi connectivity index (χ3n) is 6.81. The Kier molecular flexibility index (Phi) is 10.6. The van der Waals surface area contributed by atoms with Crippen LogP contribution >= 0.6 is 28.4 Å². The molecule has 9 nitrogen and oxygen atoms in total. The first-order valence-corrected chi connectivity index (χ1v) is 17.1. The van der Waals surface area contributed by atoms with Gasteiger partial charge in [-0.1, -0.05) is 32.1 Å². The molecular weight excluding hydrogens is 602 g/mol. The molecule has 0 amide bonds. The number of unbranched alkanes of at least 4 members (excludes halogenated alkanes) is 3. The van der Waals surface area contributed by atoms with Gasteiger partial charge in [0, 0.05) is 25.2 Å². The topological polar surface area (TPSA) is 94.4 Å². The first kappa shape index (κ1) is 27.8. The maximum atomic E-state index is 11.1. The molecule has 0 bridgehead atoms. The van der Waals surface area contributed by atoms with Gasteiger partial charge in [0.05, 0.1) is 20.1 Å². The lowest BCUT2D eigenvalue weighted by Gasteiger charge is -2.32. The van der Waals surface area contributed by atoms with Crippen LogP contribution in [0.2, 0.25) is 0 Å². The van der Waals surface area contributed by atoms with Gasteiger partial charge in [-0.2, -0.15) is 9.97 Å². The lowest BCUT2D eigenvalue weighted by atomic mass is 9.94. The van der Waals surface area contributed by atoms with E-state index in [1.54, 1.807) is 0 Å². The second kappa shape index (κ2) is 14.1. The Hall–Kier alpha value is -2.20. The van der Waals surface area contributed by atoms with Crippen LogP contribution in [-0.2, 0) is 9.53 Å². The fraction of sp³-hybridized carbons (Fsp3) is 0.538. The molecule has 1 saturated carbocycles. The highest BCUT2D eigenvalue weighted by Gasteiger charge is 2.23. The second-order valence-electron chi connectivity index (χ2n) is 9.38. The van der Waals surface area contributed by atoms with E-state index in [9.17, 15) is 4.79 Å². The molecule has 3 aromatic rings. The summed E-state index contributed by atoms with van der Waals surface area (Å²) in [5.41, 5.74) is 2.62. The lowest BCUT2D eigenvalue weighted by molar-refractivity contribution is -0.140. The number of rotatable bonds is 13. The Balaban J connectivity index is 1.37. The van der Waals surface area contributed by atoms with Gasteiger partial charge in [-0.3, -0.25) is 9.13 Å². The highest BCUT2D eigenvalue weighted by atomic mass is 127. The number of nitrogens with zero attached hydrogens (tertiary/aromatic N) is 5. The Morgan fingerprint density at radius 2 is 1.89 bits per heavy atom. The number of fused-ring (bicyclic) bond motifs is 1. The summed E-state index contributed by atoms with van der Waals surface area (Å²) in [4.78, 5) is 27.8. The summed E-state index contributed by atoms with van der Waals surface area (Å²) in [5.74, 6) is 2.15. The van der Waals surface area contributed by atoms with Crippen molar-refractivity contribution in [2.45, 2.75) is 70.3 Å². The van der Waals surface area contributed by atoms with Gasteiger partial charge in [0.15, 0.2) is 17.0 Å². The molecule has 1 atom stereocenters. The third kappa shape index (κ3) is 7.66. The smallest absolute Gasteiger partial charge is 0.305 e. The number of benzene rings is 1. The van der Waals surface area contributed by atoms with Crippen LogP contribution in [0.3, 0.4) is 0 Å². The standard InChI is InChI=1S/C26H36IN6O3P/c1-32(20-10-6-5-7-11-20)24-23-25(33(37-27)18-28-23)31-26(30-24)29-19-13-15-21(16-14-19)36-17-9-4-3-8-12-22(34)35-2/h13-16,18,20,37H,3-12,17H2,1-2H3,(H,29,30,31). The van der Waals surface area contributed by atoms with Gasteiger partial charge < -0.3 is 19.7 Å². The molecule has 200 valence electrons. The maximum absolute atomic E-state index is 11.1. The van der Waals surface area contributed by atoms with E-state index in [1.165, 1.54) is 39.2 Å². The van der Waals surface area contributed by atoms with Crippen LogP contribution in [0.4, 0.5) is 17.5 Å². The lowest BCUT2D eigenvalue weighted by Crippen LogP contribution is -2.34. The van der Waals surface area contributed by atoms with Crippen molar-refractivity contribution in [2.75, 3.05) is 31.0 Å². The number of halogens is 1. The Labute approximate surface area is 233 Å². The van der Waals surface area contributed by atoms with E-state index in [1.807, 2.05) is 30.6 Å². The molecule has 0 radical (unpaired) electrons. The van der Waals surface area contributed by atoms with Crippen molar-refractivity contribution in [3.05, 3.63) is 30.6 Å². The molecule has 2 aromatic heterocycles. The van der Waals surface area contributed by atoms with E-state index >= 15 is 0 Å². The maximum Gasteiger partial charge on any atom is 0.305 e. The molecule has 2 heterocycles. The molecule has 4 rings (SSSR count). The quantitative estimate of drug-likeness (QED) is 0.0965. The van der Waals surface area contributed by atoms with E-state index in [-0.39, 0.29) is 5.97 Å². The fourth-order valence-corrected chi connectivity index (χ4v) is 6.07. The normalized spacial score (nSPS) is 14.4. The van der Waals surface area contributed by atoms with E-state index < -0.39 is 0 Å². The Morgan fingerprint density at radius 3 is 2.62 bits per heavy atom. The third-order valence-corrected chi connectivity index (χ3v) is 8.88. The predicted molar refractivity (Wildman–Crippen MR) is 159 cm³/mol. The molecule has 0 saturated heterocycles. The summed E-state index contributed by atoms with van der Waals surface area (Å²) >= 11 is 2.36. The van der Waals surface area contributed by atoms with Crippen LogP contribution in [0, 0.1) is 0 Å². The first-order valence-electron chi connectivity index (χ1n) is 13.0. The van der Waals surface area contributed by atoms with E-state index in [2.05, 4.69) is 53.4 Å². The summed E-state index contributed by atoms with van der Waals surface area (Å²) in [7, 11) is 3.57. The molecule has 37 heavy (non-hydrogen) atoms. The molecule has 1 N–H and O–H groups in total. The average molecular weight is 638 g/mol. The highest BCUT2D eigenvalue weighted by molar-refractivity contribution is 14.2. The van der Waals surface area contributed by atoms with E-state index in [0.29, 0.717) is 31.4 Å². The van der Waals surface area contributed by atoms with Gasteiger partial charge >= 0.3 is 5.97 Å². The molecule has 1 aliphatic carbocycles. The second-order valence-corrected chi connectivity index (χ2v) is 11.5. The van der Waals surface area contributed by atoms with Gasteiger partial charge in [0.1, 0.15) is 12.1 Å². The van der Waals surface area contributed by atoms with Crippen molar-refractivity contribution >= 4 is 63.0 Å². The van der Waals surface area contributed by atoms with Crippen molar-refractivity contribution in [1.82, 2.24) is 19.3 Å². The minimum Gasteiger partial charge on any atom is -0.494 e. The monoisotopic (exact) mass is 638 g/mol. The van der Waals surface area contributed by atoms with E-state index in [0.717, 1.165) is 54.1 Å². The molecule has 1 unspecified atom stereocenters. The highest BCUT2D eigenvalue weighted by Crippen LogP contribution is 2.34. The van der Waals surface area contributed by atoms with Crippen molar-refractivity contribution < 1.29 is 14.3 Å². The number of hydrogen-bond acceptors (Lipinski definition) is 8. The van der Waals surface area contributed by atoms with Gasteiger partial charge in [0.2, 0.25) is 5.95 Å². The average Bonchev–Trinajstić information content (AvgIpc) is 3.36. The zero-order valence-corrected chi connectivity index (χ0v) is 24.7. The Bertz CT molecular complexity index is 1150. The number of anilines is 3. The van der Waals surface area contributed by atoms with Gasteiger partial charge in [-0.15, -0.1) is 0 Å². The zero-order valence-electron chi connectivity index (χ0n) is 21.6. The van der Waals surface area contributed by atoms with Gasteiger partial charge in [-0.05, 0) is 72.0 Å². The fourth-order valence-electron chi connectivity index (χ4n) is 4.67. The van der Waals surface area contributed by atoms with Crippen LogP contribution in [0.25, 0.3) is 11.2 Å². The number of aromatic nitrogens is 4. The number of carbonyl (C=O) groups excluding carboxylic acids is 1. The van der Waals surface area contributed by atoms with Crippen LogP contribution in [0.15, 0.2) is 30.6 Å². The summed E-state index contributed by atoms with van der Waals surface area (Å²) in [6.45, 7) is 0.655. The number of esters is 1. The number of carbonyl (C=O) groups is 1. The largest absolute Gasteiger partial charge is 0.494 e. The minimum absolute atomic E-state index is 0.140. The summed E-state index contributed by atoms with van der Waals surface area (Å²) in [5, 5.41) is 3.38. The summed E-state index contributed by atoms with van der Waals surface area (Å²) < 4.78 is 12.6. The number of hydrogen-bond donors (Lipinski definition) is 1. The Morgan fingerprint density at radius 1 is 1.14 bits per heavy atom. The summed E-state index contributed by atoms with van der Waals surface area (Å²) in [6, 6.07) is 8.38.